The molecule has 22 heavy (non-hydrogen) atoms. The smallest absolute Gasteiger partial charge is 0.294 e. The number of Topliss-reactive ketones (excluding diaryl/α,β-unsaturated/α-hetero) is 1. The molecule has 5 heteroatoms. The molecule has 1 aliphatic heterocycles. The molecule has 1 fully saturated rings. The van der Waals surface area contributed by atoms with Gasteiger partial charge in [-0.3, -0.25) is 14.5 Å². The van der Waals surface area contributed by atoms with Gasteiger partial charge >= 0.3 is 0 Å². The third-order valence-electron chi connectivity index (χ3n) is 4.69. The van der Waals surface area contributed by atoms with Gasteiger partial charge in [0.25, 0.3) is 5.91 Å². The van der Waals surface area contributed by atoms with Gasteiger partial charge in [0.15, 0.2) is 11.5 Å². The fourth-order valence-corrected chi connectivity index (χ4v) is 4.58. The lowest BCUT2D eigenvalue weighted by atomic mass is 9.80. The van der Waals surface area contributed by atoms with Gasteiger partial charge in [0.1, 0.15) is 0 Å². The number of carbonyl (C=O) groups is 2. The summed E-state index contributed by atoms with van der Waals surface area (Å²) in [5, 5.41) is 11.1. The van der Waals surface area contributed by atoms with Crippen LogP contribution in [0.2, 0.25) is 0 Å². The Bertz CT molecular complexity index is 640. The van der Waals surface area contributed by atoms with Crippen LogP contribution in [0.3, 0.4) is 0 Å². The highest BCUT2D eigenvalue weighted by molar-refractivity contribution is 7.16. The summed E-state index contributed by atoms with van der Waals surface area (Å²) in [7, 11) is 0. The van der Waals surface area contributed by atoms with Crippen molar-refractivity contribution in [1.29, 1.82) is 0 Å². The third kappa shape index (κ3) is 2.47. The summed E-state index contributed by atoms with van der Waals surface area (Å²) in [6.45, 7) is 3.43. The lowest BCUT2D eigenvalue weighted by Gasteiger charge is -2.34. The number of ketones is 1. The Kier molecular flexibility index (Phi) is 4.08. The van der Waals surface area contributed by atoms with Crippen LogP contribution in [0, 0.1) is 12.8 Å². The van der Waals surface area contributed by atoms with Crippen molar-refractivity contribution in [3.05, 3.63) is 28.3 Å². The maximum atomic E-state index is 12.6. The molecule has 1 atom stereocenters. The summed E-state index contributed by atoms with van der Waals surface area (Å²) < 4.78 is 0. The van der Waals surface area contributed by atoms with Crippen molar-refractivity contribution in [1.82, 2.24) is 0 Å². The fourth-order valence-electron chi connectivity index (χ4n) is 3.68. The highest BCUT2D eigenvalue weighted by Crippen LogP contribution is 2.42. The van der Waals surface area contributed by atoms with E-state index in [0.717, 1.165) is 35.6 Å². The first-order valence-electron chi connectivity index (χ1n) is 7.84. The Balaban J connectivity index is 2.04. The van der Waals surface area contributed by atoms with Crippen molar-refractivity contribution in [3.8, 4) is 0 Å². The molecule has 2 aliphatic rings. The minimum absolute atomic E-state index is 0.197. The van der Waals surface area contributed by atoms with Crippen LogP contribution in [0.5, 0.6) is 0 Å². The van der Waals surface area contributed by atoms with Crippen molar-refractivity contribution in [2.24, 2.45) is 5.92 Å². The molecule has 1 saturated carbocycles. The van der Waals surface area contributed by atoms with Crippen molar-refractivity contribution >= 4 is 28.0 Å². The predicted octanol–water partition coefficient (Wildman–Crippen LogP) is 3.75. The molecule has 1 aromatic rings. The van der Waals surface area contributed by atoms with E-state index in [2.05, 4.69) is 0 Å². The number of aryl methyl sites for hydroxylation is 1. The highest BCUT2D eigenvalue weighted by Gasteiger charge is 2.46. The Labute approximate surface area is 134 Å². The van der Waals surface area contributed by atoms with Gasteiger partial charge in [0.2, 0.25) is 0 Å². The average Bonchev–Trinajstić information content (AvgIpc) is 3.02. The summed E-state index contributed by atoms with van der Waals surface area (Å²) in [6.07, 6.45) is 5.46. The minimum Gasteiger partial charge on any atom is -0.503 e. The quantitative estimate of drug-likeness (QED) is 0.923. The second-order valence-corrected chi connectivity index (χ2v) is 7.49. The van der Waals surface area contributed by atoms with Gasteiger partial charge in [0.05, 0.1) is 16.6 Å². The normalized spacial score (nSPS) is 23.5. The fraction of sp³-hybridized carbons (Fsp3) is 0.529. The van der Waals surface area contributed by atoms with E-state index >= 15 is 0 Å². The summed E-state index contributed by atoms with van der Waals surface area (Å²) in [5.41, 5.74) is 0.308. The maximum absolute atomic E-state index is 12.6. The molecular weight excluding hydrogens is 298 g/mol. The standard InChI is InChI=1S/C17H21NO3S/c1-10-8-9-13(22-10)18-15(12-6-4-3-5-7-12)14(11(2)19)16(20)17(18)21/h8-9,12,15,20H,3-7H2,1-2H3. The Morgan fingerprint density at radius 2 is 1.95 bits per heavy atom. The van der Waals surface area contributed by atoms with Gasteiger partial charge < -0.3 is 5.11 Å². The molecule has 2 heterocycles. The predicted molar refractivity (Wildman–Crippen MR) is 87.2 cm³/mol. The first-order valence-corrected chi connectivity index (χ1v) is 8.66. The van der Waals surface area contributed by atoms with Crippen LogP contribution in [0.15, 0.2) is 23.5 Å². The SMILES string of the molecule is CC(=O)C1=C(O)C(=O)N(c2ccc(C)s2)C1C1CCCCC1. The number of rotatable bonds is 3. The first-order chi connectivity index (χ1) is 10.5. The van der Waals surface area contributed by atoms with Crippen LogP contribution in [-0.2, 0) is 9.59 Å². The van der Waals surface area contributed by atoms with E-state index in [-0.39, 0.29) is 23.5 Å². The largest absolute Gasteiger partial charge is 0.503 e. The van der Waals surface area contributed by atoms with Gasteiger partial charge in [0, 0.05) is 4.88 Å². The molecule has 1 aliphatic carbocycles. The van der Waals surface area contributed by atoms with E-state index in [9.17, 15) is 14.7 Å². The lowest BCUT2D eigenvalue weighted by Crippen LogP contribution is -2.42. The van der Waals surface area contributed by atoms with Gasteiger partial charge in [-0.05, 0) is 44.7 Å². The van der Waals surface area contributed by atoms with Crippen LogP contribution >= 0.6 is 11.3 Å². The number of carbonyl (C=O) groups excluding carboxylic acids is 2. The Hall–Kier alpha value is -1.62. The van der Waals surface area contributed by atoms with Crippen molar-refractivity contribution in [3.63, 3.8) is 0 Å². The van der Waals surface area contributed by atoms with E-state index in [1.54, 1.807) is 4.90 Å². The number of amides is 1. The van der Waals surface area contributed by atoms with Crippen LogP contribution in [-0.4, -0.2) is 22.8 Å². The molecule has 1 amide bonds. The molecular formula is C17H21NO3S. The number of aliphatic hydroxyl groups excluding tert-OH is 1. The molecule has 4 nitrogen and oxygen atoms in total. The number of hydrogen-bond donors (Lipinski definition) is 1. The molecule has 0 bridgehead atoms. The van der Waals surface area contributed by atoms with E-state index < -0.39 is 5.91 Å². The lowest BCUT2D eigenvalue weighted by molar-refractivity contribution is -0.117. The van der Waals surface area contributed by atoms with Crippen LogP contribution in [0.25, 0.3) is 0 Å². The minimum atomic E-state index is -0.428. The van der Waals surface area contributed by atoms with E-state index in [0.29, 0.717) is 5.57 Å². The summed E-state index contributed by atoms with van der Waals surface area (Å²) in [6, 6.07) is 3.57. The average molecular weight is 319 g/mol. The maximum Gasteiger partial charge on any atom is 0.294 e. The van der Waals surface area contributed by atoms with Crippen LogP contribution in [0.1, 0.15) is 43.9 Å². The molecule has 1 N–H and O–H groups in total. The van der Waals surface area contributed by atoms with Crippen LogP contribution < -0.4 is 4.90 Å². The molecule has 3 rings (SSSR count). The van der Waals surface area contributed by atoms with E-state index in [1.165, 1.54) is 24.7 Å². The highest BCUT2D eigenvalue weighted by atomic mass is 32.1. The number of anilines is 1. The zero-order chi connectivity index (χ0) is 15.9. The Morgan fingerprint density at radius 3 is 2.50 bits per heavy atom. The monoisotopic (exact) mass is 319 g/mol. The molecule has 0 aromatic carbocycles. The zero-order valence-corrected chi connectivity index (χ0v) is 13.8. The molecule has 0 radical (unpaired) electrons. The molecule has 1 unspecified atom stereocenters. The van der Waals surface area contributed by atoms with Gasteiger partial charge in [-0.2, -0.15) is 0 Å². The molecule has 0 saturated heterocycles. The third-order valence-corrected chi connectivity index (χ3v) is 5.69. The number of thiophene rings is 1. The summed E-state index contributed by atoms with van der Waals surface area (Å²) in [4.78, 5) is 27.4. The topological polar surface area (TPSA) is 57.6 Å². The molecule has 0 spiro atoms. The second-order valence-electron chi connectivity index (χ2n) is 6.22. The summed E-state index contributed by atoms with van der Waals surface area (Å²) >= 11 is 1.53. The van der Waals surface area contributed by atoms with Gasteiger partial charge in [-0.25, -0.2) is 0 Å². The number of hydrogen-bond acceptors (Lipinski definition) is 4. The summed E-state index contributed by atoms with van der Waals surface area (Å²) in [5.74, 6) is -0.724. The van der Waals surface area contributed by atoms with Gasteiger partial charge in [-0.15, -0.1) is 11.3 Å². The van der Waals surface area contributed by atoms with Crippen molar-refractivity contribution in [2.75, 3.05) is 4.90 Å². The molecule has 1 aromatic heterocycles. The van der Waals surface area contributed by atoms with E-state index in [1.807, 2.05) is 19.1 Å². The number of nitrogens with zero attached hydrogens (tertiary/aromatic N) is 1. The van der Waals surface area contributed by atoms with Crippen molar-refractivity contribution in [2.45, 2.75) is 52.0 Å². The van der Waals surface area contributed by atoms with Crippen molar-refractivity contribution < 1.29 is 14.7 Å². The zero-order valence-electron chi connectivity index (χ0n) is 13.0. The second kappa shape index (κ2) is 5.88. The van der Waals surface area contributed by atoms with E-state index in [4.69, 9.17) is 0 Å². The molecule has 118 valence electrons. The first kappa shape index (κ1) is 15.3. The van der Waals surface area contributed by atoms with Gasteiger partial charge in [-0.1, -0.05) is 19.3 Å². The Morgan fingerprint density at radius 1 is 1.27 bits per heavy atom. The van der Waals surface area contributed by atoms with Crippen LogP contribution in [0.4, 0.5) is 5.00 Å². The number of aliphatic hydroxyl groups is 1.